The third kappa shape index (κ3) is 3.35. The van der Waals surface area contributed by atoms with E-state index >= 15 is 0 Å². The lowest BCUT2D eigenvalue weighted by Crippen LogP contribution is -2.35. The van der Waals surface area contributed by atoms with Crippen molar-refractivity contribution in [2.24, 2.45) is 0 Å². The molecule has 2 heterocycles. The number of carbonyl (C=O) groups excluding carboxylic acids is 1. The zero-order chi connectivity index (χ0) is 19.8. The first-order valence-electron chi connectivity index (χ1n) is 8.45. The van der Waals surface area contributed by atoms with Gasteiger partial charge in [-0.05, 0) is 37.6 Å². The van der Waals surface area contributed by atoms with Crippen molar-refractivity contribution < 1.29 is 17.9 Å². The first-order chi connectivity index (χ1) is 12.8. The molecular weight excluding hydrogens is 390 g/mol. The molecule has 1 saturated heterocycles. The highest BCUT2D eigenvalue weighted by Crippen LogP contribution is 2.36. The second-order valence-corrected chi connectivity index (χ2v) is 8.31. The van der Waals surface area contributed by atoms with Crippen LogP contribution in [0.15, 0.2) is 36.5 Å². The number of hydrogen-bond acceptors (Lipinski definition) is 5. The maximum absolute atomic E-state index is 13.3. The van der Waals surface area contributed by atoms with Crippen LogP contribution >= 0.6 is 11.6 Å². The van der Waals surface area contributed by atoms with Crippen molar-refractivity contribution in [2.75, 3.05) is 22.3 Å². The van der Waals surface area contributed by atoms with Crippen molar-refractivity contribution >= 4 is 39.3 Å². The van der Waals surface area contributed by atoms with Crippen LogP contribution in [0, 0.1) is 0 Å². The smallest absolute Gasteiger partial charge is 0.337 e. The summed E-state index contributed by atoms with van der Waals surface area (Å²) in [6, 6.07) is 7.66. The molecule has 1 atom stereocenters. The Morgan fingerprint density at radius 3 is 2.78 bits per heavy atom. The highest BCUT2D eigenvalue weighted by atomic mass is 35.5. The van der Waals surface area contributed by atoms with Crippen LogP contribution in [0.25, 0.3) is 0 Å². The summed E-state index contributed by atoms with van der Waals surface area (Å²) < 4.78 is 33.9. The summed E-state index contributed by atoms with van der Waals surface area (Å²) in [5, 5.41) is 0.483. The van der Waals surface area contributed by atoms with Crippen LogP contribution in [-0.2, 0) is 21.4 Å². The molecule has 0 N–H and O–H groups in total. The largest absolute Gasteiger partial charge is 0.465 e. The van der Waals surface area contributed by atoms with E-state index in [2.05, 4.69) is 4.98 Å². The number of ether oxygens (including phenoxy) is 1. The van der Waals surface area contributed by atoms with Crippen molar-refractivity contribution in [1.29, 1.82) is 0 Å². The van der Waals surface area contributed by atoms with E-state index in [0.29, 0.717) is 28.5 Å². The Labute approximate surface area is 163 Å². The highest BCUT2D eigenvalue weighted by molar-refractivity contribution is 7.94. The molecule has 7 nitrogen and oxygen atoms in total. The molecule has 2 aromatic rings. The zero-order valence-electron chi connectivity index (χ0n) is 15.2. The van der Waals surface area contributed by atoms with Crippen LogP contribution < -0.4 is 8.61 Å². The topological polar surface area (TPSA) is 79.8 Å². The van der Waals surface area contributed by atoms with Crippen LogP contribution in [0.4, 0.5) is 11.5 Å². The summed E-state index contributed by atoms with van der Waals surface area (Å²) in [5.41, 5.74) is 1.36. The summed E-state index contributed by atoms with van der Waals surface area (Å²) in [6.07, 6.45) is 2.05. The fraction of sp³-hybridized carbons (Fsp3) is 0.333. The Kier molecular flexibility index (Phi) is 5.30. The van der Waals surface area contributed by atoms with E-state index in [4.69, 9.17) is 16.3 Å². The molecule has 3 rings (SSSR count). The predicted molar refractivity (Wildman–Crippen MR) is 105 cm³/mol. The molecule has 1 fully saturated rings. The molecule has 0 bridgehead atoms. The number of hydrogen-bond donors (Lipinski definition) is 0. The first-order valence-corrected chi connectivity index (χ1v) is 10.2. The standard InChI is InChI=1S/C18H20ClN3O4S/c1-4-15-16(19)8-9-20-17(15)21-11-12(2)22(27(21,24)25)14-7-5-6-13(10-14)18(23)26-3/h5-10,12H,4,11H2,1-3H3/t12-/m0/s1. The number of benzene rings is 1. The minimum Gasteiger partial charge on any atom is -0.465 e. The van der Waals surface area contributed by atoms with Crippen LogP contribution in [-0.4, -0.2) is 39.1 Å². The molecule has 144 valence electrons. The Hall–Kier alpha value is -2.32. The minimum atomic E-state index is -3.89. The lowest BCUT2D eigenvalue weighted by molar-refractivity contribution is 0.0600. The fourth-order valence-corrected chi connectivity index (χ4v) is 5.38. The van der Waals surface area contributed by atoms with E-state index in [9.17, 15) is 13.2 Å². The molecule has 0 spiro atoms. The number of nitrogens with zero attached hydrogens (tertiary/aromatic N) is 3. The van der Waals surface area contributed by atoms with E-state index in [1.165, 1.54) is 28.0 Å². The number of pyridine rings is 1. The summed E-state index contributed by atoms with van der Waals surface area (Å²) in [6.45, 7) is 3.93. The Morgan fingerprint density at radius 1 is 1.37 bits per heavy atom. The average molecular weight is 410 g/mol. The van der Waals surface area contributed by atoms with Crippen molar-refractivity contribution in [3.05, 3.63) is 52.7 Å². The molecule has 0 aliphatic carbocycles. The normalized spacial score (nSPS) is 18.6. The SMILES string of the molecule is CCc1c(Cl)ccnc1N1C[C@H](C)N(c2cccc(C(=O)OC)c2)S1(=O)=O. The number of carbonyl (C=O) groups is 1. The maximum atomic E-state index is 13.3. The zero-order valence-corrected chi connectivity index (χ0v) is 16.8. The molecule has 9 heteroatoms. The van der Waals surface area contributed by atoms with Gasteiger partial charge in [-0.25, -0.2) is 18.4 Å². The molecule has 27 heavy (non-hydrogen) atoms. The summed E-state index contributed by atoms with van der Waals surface area (Å²) >= 11 is 6.24. The second kappa shape index (κ2) is 7.36. The van der Waals surface area contributed by atoms with Gasteiger partial charge in [-0.1, -0.05) is 24.6 Å². The maximum Gasteiger partial charge on any atom is 0.337 e. The number of esters is 1. The van der Waals surface area contributed by atoms with Gasteiger partial charge in [0.1, 0.15) is 5.82 Å². The monoisotopic (exact) mass is 409 g/mol. The Morgan fingerprint density at radius 2 is 2.11 bits per heavy atom. The second-order valence-electron chi connectivity index (χ2n) is 6.17. The average Bonchev–Trinajstić information content (AvgIpc) is 2.89. The molecular formula is C18H20ClN3O4S. The van der Waals surface area contributed by atoms with Crippen molar-refractivity contribution in [2.45, 2.75) is 26.3 Å². The van der Waals surface area contributed by atoms with Gasteiger partial charge in [-0.2, -0.15) is 8.42 Å². The van der Waals surface area contributed by atoms with Crippen molar-refractivity contribution in [3.63, 3.8) is 0 Å². The highest BCUT2D eigenvalue weighted by Gasteiger charge is 2.43. The predicted octanol–water partition coefficient (Wildman–Crippen LogP) is 3.04. The van der Waals surface area contributed by atoms with Crippen LogP contribution in [0.2, 0.25) is 5.02 Å². The van der Waals surface area contributed by atoms with Crippen LogP contribution in [0.1, 0.15) is 29.8 Å². The van der Waals surface area contributed by atoms with Gasteiger partial charge in [0.15, 0.2) is 0 Å². The Bertz CT molecular complexity index is 980. The summed E-state index contributed by atoms with van der Waals surface area (Å²) in [5.74, 6) is -0.189. The Balaban J connectivity index is 2.06. The van der Waals surface area contributed by atoms with Crippen molar-refractivity contribution in [1.82, 2.24) is 4.98 Å². The quantitative estimate of drug-likeness (QED) is 0.725. The minimum absolute atomic E-state index is 0.227. The van der Waals surface area contributed by atoms with Gasteiger partial charge in [-0.3, -0.25) is 0 Å². The summed E-state index contributed by atoms with van der Waals surface area (Å²) in [4.78, 5) is 16.1. The lowest BCUT2D eigenvalue weighted by Gasteiger charge is -2.23. The fourth-order valence-electron chi connectivity index (χ4n) is 3.21. The number of anilines is 2. The van der Waals surface area contributed by atoms with Crippen molar-refractivity contribution in [3.8, 4) is 0 Å². The van der Waals surface area contributed by atoms with E-state index < -0.39 is 16.2 Å². The third-order valence-corrected chi connectivity index (χ3v) is 6.75. The molecule has 0 radical (unpaired) electrons. The van der Waals surface area contributed by atoms with Gasteiger partial charge in [-0.15, -0.1) is 0 Å². The molecule has 0 unspecified atom stereocenters. The van der Waals surface area contributed by atoms with Gasteiger partial charge in [0.2, 0.25) is 0 Å². The van der Waals surface area contributed by atoms with E-state index in [-0.39, 0.29) is 18.2 Å². The summed E-state index contributed by atoms with van der Waals surface area (Å²) in [7, 11) is -2.61. The van der Waals surface area contributed by atoms with Crippen LogP contribution in [0.5, 0.6) is 0 Å². The third-order valence-electron chi connectivity index (χ3n) is 4.44. The molecule has 1 aromatic carbocycles. The van der Waals surface area contributed by atoms with Gasteiger partial charge in [0, 0.05) is 16.8 Å². The molecule has 0 saturated carbocycles. The van der Waals surface area contributed by atoms with Gasteiger partial charge in [0.05, 0.1) is 30.9 Å². The lowest BCUT2D eigenvalue weighted by atomic mass is 10.2. The molecule has 1 aliphatic rings. The number of rotatable bonds is 4. The van der Waals surface area contributed by atoms with Crippen LogP contribution in [0.3, 0.4) is 0 Å². The first kappa shape index (κ1) is 19.4. The number of aromatic nitrogens is 1. The molecule has 0 amide bonds. The van der Waals surface area contributed by atoms with E-state index in [0.717, 1.165) is 0 Å². The van der Waals surface area contributed by atoms with Gasteiger partial charge < -0.3 is 4.74 Å². The molecule has 1 aliphatic heterocycles. The van der Waals surface area contributed by atoms with E-state index in [1.807, 2.05) is 6.92 Å². The number of methoxy groups -OCH3 is 1. The van der Waals surface area contributed by atoms with Gasteiger partial charge >= 0.3 is 16.2 Å². The molecule has 1 aromatic heterocycles. The van der Waals surface area contributed by atoms with Gasteiger partial charge in [0.25, 0.3) is 0 Å². The number of halogens is 1. The van der Waals surface area contributed by atoms with E-state index in [1.54, 1.807) is 31.2 Å².